The Labute approximate surface area is 102 Å². The van der Waals surface area contributed by atoms with Gasteiger partial charge in [-0.05, 0) is 31.9 Å². The highest BCUT2D eigenvalue weighted by Crippen LogP contribution is 2.14. The number of hydrogen-bond donors (Lipinski definition) is 1. The lowest BCUT2D eigenvalue weighted by atomic mass is 10.1. The average Bonchev–Trinajstić information content (AvgIpc) is 2.88. The zero-order valence-electron chi connectivity index (χ0n) is 9.85. The summed E-state index contributed by atoms with van der Waals surface area (Å²) in [7, 11) is 0. The van der Waals surface area contributed by atoms with Gasteiger partial charge in [0.25, 0.3) is 0 Å². The topological polar surface area (TPSA) is 57.9 Å². The normalized spacial score (nSPS) is 19.1. The van der Waals surface area contributed by atoms with Crippen LogP contribution in [-0.4, -0.2) is 24.2 Å². The van der Waals surface area contributed by atoms with Gasteiger partial charge in [-0.15, -0.1) is 0 Å². The van der Waals surface area contributed by atoms with Crippen LogP contribution in [0.4, 0.5) is 0 Å². The summed E-state index contributed by atoms with van der Waals surface area (Å²) >= 11 is 0. The van der Waals surface area contributed by atoms with Crippen molar-refractivity contribution < 1.29 is 4.74 Å². The fourth-order valence-electron chi connectivity index (χ4n) is 2.04. The van der Waals surface area contributed by atoms with Crippen LogP contribution in [0.1, 0.15) is 30.5 Å². The van der Waals surface area contributed by atoms with Crippen LogP contribution in [-0.2, 0) is 11.3 Å². The first-order valence-electron chi connectivity index (χ1n) is 6.06. The molecule has 0 aromatic carbocycles. The Hall–Kier alpha value is -1.44. The molecule has 1 saturated heterocycles. The molecule has 0 amide bonds. The maximum atomic E-state index is 8.89. The zero-order chi connectivity index (χ0) is 11.9. The number of pyridine rings is 1. The minimum absolute atomic E-state index is 0.423. The lowest BCUT2D eigenvalue weighted by Crippen LogP contribution is -2.20. The third kappa shape index (κ3) is 3.52. The van der Waals surface area contributed by atoms with E-state index in [1.54, 1.807) is 6.20 Å². The van der Waals surface area contributed by atoms with Crippen LogP contribution in [0.15, 0.2) is 18.3 Å². The standard InChI is InChI=1S/C13H17N3O/c14-9-13-11(3-1-6-16-13)10-15-7-5-12-4-2-8-17-12/h1,3,6,12,15H,2,4-5,7-8,10H2. The van der Waals surface area contributed by atoms with Crippen molar-refractivity contribution in [3.8, 4) is 6.07 Å². The number of nitrogens with zero attached hydrogens (tertiary/aromatic N) is 2. The minimum atomic E-state index is 0.423. The molecular formula is C13H17N3O. The highest BCUT2D eigenvalue weighted by molar-refractivity contribution is 5.30. The molecule has 1 aliphatic heterocycles. The Kier molecular flexibility index (Phi) is 4.48. The second-order valence-corrected chi connectivity index (χ2v) is 4.22. The van der Waals surface area contributed by atoms with Crippen molar-refractivity contribution in [3.05, 3.63) is 29.6 Å². The van der Waals surface area contributed by atoms with Gasteiger partial charge in [-0.25, -0.2) is 4.98 Å². The number of ether oxygens (including phenoxy) is 1. The molecule has 1 aromatic heterocycles. The summed E-state index contributed by atoms with van der Waals surface area (Å²) in [6.45, 7) is 2.53. The minimum Gasteiger partial charge on any atom is -0.378 e. The van der Waals surface area contributed by atoms with E-state index in [4.69, 9.17) is 10.00 Å². The van der Waals surface area contributed by atoms with Gasteiger partial charge in [-0.2, -0.15) is 5.26 Å². The van der Waals surface area contributed by atoms with Crippen LogP contribution >= 0.6 is 0 Å². The first-order chi connectivity index (χ1) is 8.40. The fraction of sp³-hybridized carbons (Fsp3) is 0.538. The largest absolute Gasteiger partial charge is 0.378 e. The van der Waals surface area contributed by atoms with Crippen LogP contribution in [0.3, 0.4) is 0 Å². The molecule has 1 aliphatic rings. The molecule has 1 aromatic rings. The lowest BCUT2D eigenvalue weighted by Gasteiger charge is -2.10. The van der Waals surface area contributed by atoms with E-state index in [9.17, 15) is 0 Å². The van der Waals surface area contributed by atoms with Gasteiger partial charge in [0.2, 0.25) is 0 Å². The van der Waals surface area contributed by atoms with Gasteiger partial charge in [-0.1, -0.05) is 6.07 Å². The third-order valence-electron chi connectivity index (χ3n) is 2.98. The smallest absolute Gasteiger partial charge is 0.144 e. The van der Waals surface area contributed by atoms with Crippen molar-refractivity contribution in [1.82, 2.24) is 10.3 Å². The molecule has 1 unspecified atom stereocenters. The summed E-state index contributed by atoms with van der Waals surface area (Å²) in [5, 5.41) is 12.2. The van der Waals surface area contributed by atoms with Gasteiger partial charge >= 0.3 is 0 Å². The monoisotopic (exact) mass is 231 g/mol. The summed E-state index contributed by atoms with van der Waals surface area (Å²) in [5.41, 5.74) is 1.47. The van der Waals surface area contributed by atoms with Crippen molar-refractivity contribution in [1.29, 1.82) is 5.26 Å². The zero-order valence-corrected chi connectivity index (χ0v) is 9.85. The second kappa shape index (κ2) is 6.33. The van der Waals surface area contributed by atoms with E-state index in [2.05, 4.69) is 16.4 Å². The summed E-state index contributed by atoms with van der Waals surface area (Å²) < 4.78 is 5.55. The highest BCUT2D eigenvalue weighted by atomic mass is 16.5. The number of nitrogens with one attached hydrogen (secondary N) is 1. The Morgan fingerprint density at radius 3 is 3.29 bits per heavy atom. The van der Waals surface area contributed by atoms with E-state index in [1.165, 1.54) is 12.8 Å². The fourth-order valence-corrected chi connectivity index (χ4v) is 2.04. The quantitative estimate of drug-likeness (QED) is 0.782. The molecule has 17 heavy (non-hydrogen) atoms. The molecule has 1 fully saturated rings. The van der Waals surface area contributed by atoms with Gasteiger partial charge in [0.15, 0.2) is 0 Å². The van der Waals surface area contributed by atoms with Crippen molar-refractivity contribution >= 4 is 0 Å². The summed E-state index contributed by atoms with van der Waals surface area (Å²) in [6, 6.07) is 5.90. The Balaban J connectivity index is 1.72. The molecule has 0 radical (unpaired) electrons. The number of aromatic nitrogens is 1. The van der Waals surface area contributed by atoms with E-state index in [1.807, 2.05) is 12.1 Å². The molecule has 2 rings (SSSR count). The van der Waals surface area contributed by atoms with Gasteiger partial charge in [0, 0.05) is 24.9 Å². The molecule has 4 nitrogen and oxygen atoms in total. The van der Waals surface area contributed by atoms with E-state index < -0.39 is 0 Å². The lowest BCUT2D eigenvalue weighted by molar-refractivity contribution is 0.104. The molecule has 1 N–H and O–H groups in total. The Bertz CT molecular complexity index is 394. The highest BCUT2D eigenvalue weighted by Gasteiger charge is 2.14. The van der Waals surface area contributed by atoms with E-state index in [0.717, 1.165) is 25.1 Å². The third-order valence-corrected chi connectivity index (χ3v) is 2.98. The van der Waals surface area contributed by atoms with Crippen LogP contribution in [0.2, 0.25) is 0 Å². The van der Waals surface area contributed by atoms with Crippen LogP contribution in [0, 0.1) is 11.3 Å². The molecule has 2 heterocycles. The summed E-state index contributed by atoms with van der Waals surface area (Å²) in [4.78, 5) is 4.03. The molecule has 0 aliphatic carbocycles. The van der Waals surface area contributed by atoms with Crippen molar-refractivity contribution in [2.45, 2.75) is 31.9 Å². The second-order valence-electron chi connectivity index (χ2n) is 4.22. The number of nitriles is 1. The Morgan fingerprint density at radius 1 is 1.59 bits per heavy atom. The van der Waals surface area contributed by atoms with Gasteiger partial charge < -0.3 is 10.1 Å². The van der Waals surface area contributed by atoms with Crippen molar-refractivity contribution in [2.75, 3.05) is 13.2 Å². The van der Waals surface area contributed by atoms with Crippen molar-refractivity contribution in [3.63, 3.8) is 0 Å². The molecule has 90 valence electrons. The molecule has 0 bridgehead atoms. The number of hydrogen-bond acceptors (Lipinski definition) is 4. The maximum Gasteiger partial charge on any atom is 0.144 e. The van der Waals surface area contributed by atoms with Gasteiger partial charge in [0.1, 0.15) is 11.8 Å². The predicted octanol–water partition coefficient (Wildman–Crippen LogP) is 1.61. The number of rotatable bonds is 5. The van der Waals surface area contributed by atoms with E-state index in [0.29, 0.717) is 18.3 Å². The molecule has 0 saturated carbocycles. The summed E-state index contributed by atoms with van der Waals surface area (Å²) in [6.07, 6.45) is 5.48. The molecular weight excluding hydrogens is 214 g/mol. The molecule has 1 atom stereocenters. The SMILES string of the molecule is N#Cc1ncccc1CNCCC1CCCO1. The first-order valence-corrected chi connectivity index (χ1v) is 6.06. The van der Waals surface area contributed by atoms with Crippen LogP contribution < -0.4 is 5.32 Å². The van der Waals surface area contributed by atoms with E-state index >= 15 is 0 Å². The van der Waals surface area contributed by atoms with Gasteiger partial charge in [-0.3, -0.25) is 0 Å². The van der Waals surface area contributed by atoms with Crippen LogP contribution in [0.25, 0.3) is 0 Å². The average molecular weight is 231 g/mol. The predicted molar refractivity (Wildman–Crippen MR) is 64.2 cm³/mol. The Morgan fingerprint density at radius 2 is 2.53 bits per heavy atom. The van der Waals surface area contributed by atoms with Crippen molar-refractivity contribution in [2.24, 2.45) is 0 Å². The van der Waals surface area contributed by atoms with Crippen LogP contribution in [0.5, 0.6) is 0 Å². The van der Waals surface area contributed by atoms with Gasteiger partial charge in [0.05, 0.1) is 6.10 Å². The maximum absolute atomic E-state index is 8.89. The molecule has 4 heteroatoms. The first kappa shape index (κ1) is 12.0. The summed E-state index contributed by atoms with van der Waals surface area (Å²) in [5.74, 6) is 0. The molecule has 0 spiro atoms. The van der Waals surface area contributed by atoms with E-state index in [-0.39, 0.29) is 0 Å².